The maximum Gasteiger partial charge on any atom is 0.372 e. The molecular formula is C15H21N5O4S. The van der Waals surface area contributed by atoms with Crippen LogP contribution in [0.15, 0.2) is 11.6 Å². The maximum atomic E-state index is 11.5. The molecule has 25 heavy (non-hydrogen) atoms. The fourth-order valence-electron chi connectivity index (χ4n) is 3.63. The molecule has 2 aromatic rings. The van der Waals surface area contributed by atoms with Crippen molar-refractivity contribution < 1.29 is 14.4 Å². The first-order valence-corrected chi connectivity index (χ1v) is 9.35. The average molecular weight is 367 g/mol. The Hall–Kier alpha value is -1.75. The SMILES string of the molecule is O=[N+]([O-])c1c(NC[C@H]([C@@H]2CCOC2)N2CCOCC2)nc2sccn12. The number of nitro groups is 1. The molecule has 0 saturated carbocycles. The van der Waals surface area contributed by atoms with E-state index >= 15 is 0 Å². The highest BCUT2D eigenvalue weighted by Crippen LogP contribution is 2.29. The molecule has 2 aliphatic heterocycles. The molecule has 2 aliphatic rings. The summed E-state index contributed by atoms with van der Waals surface area (Å²) in [6.45, 7) is 5.34. The fraction of sp³-hybridized carbons (Fsp3) is 0.667. The quantitative estimate of drug-likeness (QED) is 0.610. The molecule has 0 spiro atoms. The van der Waals surface area contributed by atoms with Gasteiger partial charge in [-0.05, 0) is 11.3 Å². The maximum absolute atomic E-state index is 11.5. The van der Waals surface area contributed by atoms with Gasteiger partial charge in [-0.15, -0.1) is 0 Å². The van der Waals surface area contributed by atoms with Crippen LogP contribution in [-0.2, 0) is 9.47 Å². The highest BCUT2D eigenvalue weighted by Gasteiger charge is 2.32. The third kappa shape index (κ3) is 3.34. The second-order valence-electron chi connectivity index (χ2n) is 6.32. The van der Waals surface area contributed by atoms with Crippen LogP contribution in [0.4, 0.5) is 11.6 Å². The van der Waals surface area contributed by atoms with E-state index in [0.717, 1.165) is 45.9 Å². The monoisotopic (exact) mass is 367 g/mol. The van der Waals surface area contributed by atoms with Crippen molar-refractivity contribution in [2.45, 2.75) is 12.5 Å². The third-order valence-electron chi connectivity index (χ3n) is 4.91. The van der Waals surface area contributed by atoms with Gasteiger partial charge in [0.15, 0.2) is 0 Å². The predicted molar refractivity (Wildman–Crippen MR) is 93.3 cm³/mol. The van der Waals surface area contributed by atoms with Crippen molar-refractivity contribution in [3.8, 4) is 0 Å². The minimum atomic E-state index is -0.378. The van der Waals surface area contributed by atoms with Gasteiger partial charge in [-0.2, -0.15) is 9.38 Å². The van der Waals surface area contributed by atoms with Gasteiger partial charge in [0.1, 0.15) is 6.20 Å². The predicted octanol–water partition coefficient (Wildman–Crippen LogP) is 1.45. The zero-order valence-corrected chi connectivity index (χ0v) is 14.6. The average Bonchev–Trinajstić information content (AvgIpc) is 3.32. The number of hydrogen-bond acceptors (Lipinski definition) is 8. The van der Waals surface area contributed by atoms with E-state index in [1.54, 1.807) is 11.6 Å². The minimum absolute atomic E-state index is 0.000325. The lowest BCUT2D eigenvalue weighted by molar-refractivity contribution is -0.389. The second kappa shape index (κ2) is 7.24. The van der Waals surface area contributed by atoms with Gasteiger partial charge in [-0.1, -0.05) is 11.3 Å². The van der Waals surface area contributed by atoms with Crippen molar-refractivity contribution in [3.63, 3.8) is 0 Å². The van der Waals surface area contributed by atoms with Crippen LogP contribution in [0.5, 0.6) is 0 Å². The highest BCUT2D eigenvalue weighted by molar-refractivity contribution is 7.15. The molecule has 2 saturated heterocycles. The van der Waals surface area contributed by atoms with E-state index in [1.165, 1.54) is 15.7 Å². The van der Waals surface area contributed by atoms with Crippen molar-refractivity contribution in [1.82, 2.24) is 14.3 Å². The summed E-state index contributed by atoms with van der Waals surface area (Å²) in [6, 6.07) is 0.255. The van der Waals surface area contributed by atoms with Crippen molar-refractivity contribution >= 4 is 27.9 Å². The van der Waals surface area contributed by atoms with Gasteiger partial charge in [0, 0.05) is 43.6 Å². The number of rotatable bonds is 6. The molecule has 4 rings (SSSR count). The van der Waals surface area contributed by atoms with Crippen molar-refractivity contribution in [2.75, 3.05) is 51.4 Å². The van der Waals surface area contributed by atoms with Gasteiger partial charge in [0.2, 0.25) is 5.82 Å². The molecule has 0 bridgehead atoms. The molecule has 2 aromatic heterocycles. The van der Waals surface area contributed by atoms with Crippen LogP contribution in [0.2, 0.25) is 0 Å². The number of nitrogens with zero attached hydrogens (tertiary/aromatic N) is 4. The Morgan fingerprint density at radius 3 is 2.96 bits per heavy atom. The number of thiazole rings is 1. The fourth-order valence-corrected chi connectivity index (χ4v) is 4.34. The lowest BCUT2D eigenvalue weighted by atomic mass is 9.97. The van der Waals surface area contributed by atoms with Gasteiger partial charge in [0.05, 0.1) is 19.8 Å². The van der Waals surface area contributed by atoms with Crippen LogP contribution < -0.4 is 5.32 Å². The molecule has 0 amide bonds. The molecule has 0 unspecified atom stereocenters. The summed E-state index contributed by atoms with van der Waals surface area (Å²) in [5.41, 5.74) is 0. The number of fused-ring (bicyclic) bond motifs is 1. The Balaban J connectivity index is 1.53. The van der Waals surface area contributed by atoms with E-state index in [-0.39, 0.29) is 16.8 Å². The summed E-state index contributed by atoms with van der Waals surface area (Å²) in [6.07, 6.45) is 2.70. The number of ether oxygens (including phenoxy) is 2. The van der Waals surface area contributed by atoms with E-state index in [4.69, 9.17) is 9.47 Å². The minimum Gasteiger partial charge on any atom is -0.381 e. The summed E-state index contributed by atoms with van der Waals surface area (Å²) in [7, 11) is 0. The highest BCUT2D eigenvalue weighted by atomic mass is 32.1. The lowest BCUT2D eigenvalue weighted by Gasteiger charge is -2.37. The lowest BCUT2D eigenvalue weighted by Crippen LogP contribution is -2.50. The number of imidazole rings is 1. The Kier molecular flexibility index (Phi) is 4.84. The first-order valence-electron chi connectivity index (χ1n) is 8.47. The number of anilines is 1. The molecule has 2 atom stereocenters. The molecule has 4 heterocycles. The van der Waals surface area contributed by atoms with Gasteiger partial charge >= 0.3 is 5.82 Å². The van der Waals surface area contributed by atoms with Crippen LogP contribution in [0.1, 0.15) is 6.42 Å². The largest absolute Gasteiger partial charge is 0.381 e. The van der Waals surface area contributed by atoms with E-state index in [0.29, 0.717) is 23.2 Å². The van der Waals surface area contributed by atoms with Crippen LogP contribution >= 0.6 is 11.3 Å². The van der Waals surface area contributed by atoms with Crippen LogP contribution in [-0.4, -0.2) is 71.3 Å². The Bertz CT molecular complexity index is 735. The zero-order valence-electron chi connectivity index (χ0n) is 13.8. The van der Waals surface area contributed by atoms with Crippen LogP contribution in [0.3, 0.4) is 0 Å². The van der Waals surface area contributed by atoms with Gasteiger partial charge in [0.25, 0.3) is 4.96 Å². The Labute approximate surface area is 148 Å². The van der Waals surface area contributed by atoms with Gasteiger partial charge in [-0.3, -0.25) is 4.90 Å². The summed E-state index contributed by atoms with van der Waals surface area (Å²) in [5.74, 6) is 0.766. The molecular weight excluding hydrogens is 346 g/mol. The normalized spacial score (nSPS) is 23.1. The van der Waals surface area contributed by atoms with E-state index in [2.05, 4.69) is 15.2 Å². The van der Waals surface area contributed by atoms with Crippen molar-refractivity contribution in [2.24, 2.45) is 5.92 Å². The van der Waals surface area contributed by atoms with Gasteiger partial charge < -0.3 is 24.9 Å². The Morgan fingerprint density at radius 2 is 2.24 bits per heavy atom. The first kappa shape index (κ1) is 16.7. The molecule has 136 valence electrons. The molecule has 1 N–H and O–H groups in total. The van der Waals surface area contributed by atoms with Crippen molar-refractivity contribution in [3.05, 3.63) is 21.7 Å². The van der Waals surface area contributed by atoms with E-state index in [9.17, 15) is 10.1 Å². The topological polar surface area (TPSA) is 94.2 Å². The van der Waals surface area contributed by atoms with Gasteiger partial charge in [-0.25, -0.2) is 0 Å². The molecule has 2 fully saturated rings. The number of morpholine rings is 1. The molecule has 0 aromatic carbocycles. The van der Waals surface area contributed by atoms with E-state index < -0.39 is 0 Å². The smallest absolute Gasteiger partial charge is 0.372 e. The van der Waals surface area contributed by atoms with Crippen molar-refractivity contribution in [1.29, 1.82) is 0 Å². The molecule has 0 radical (unpaired) electrons. The number of aromatic nitrogens is 2. The number of nitrogens with one attached hydrogen (secondary N) is 1. The molecule has 10 heteroatoms. The summed E-state index contributed by atoms with van der Waals surface area (Å²) < 4.78 is 12.5. The molecule has 9 nitrogen and oxygen atoms in total. The van der Waals surface area contributed by atoms with E-state index in [1.807, 2.05) is 0 Å². The summed E-state index contributed by atoms with van der Waals surface area (Å²) in [5, 5.41) is 16.5. The number of hydrogen-bond donors (Lipinski definition) is 1. The Morgan fingerprint density at radius 1 is 1.40 bits per heavy atom. The van der Waals surface area contributed by atoms with Crippen LogP contribution in [0.25, 0.3) is 4.96 Å². The standard InChI is InChI=1S/C15H21N5O4S/c21-20(22)14-13(17-15-19(14)4-8-25-15)16-9-12(11-1-5-24-10-11)18-2-6-23-7-3-18/h4,8,11-12,16H,1-3,5-7,9-10H2/t11-,12-/m1/s1. The zero-order chi connectivity index (χ0) is 17.2. The summed E-state index contributed by atoms with van der Waals surface area (Å²) >= 11 is 1.39. The van der Waals surface area contributed by atoms with Crippen LogP contribution in [0, 0.1) is 16.0 Å². The first-order chi connectivity index (χ1) is 12.2. The third-order valence-corrected chi connectivity index (χ3v) is 5.67. The summed E-state index contributed by atoms with van der Waals surface area (Å²) in [4.78, 5) is 18.5. The molecule has 0 aliphatic carbocycles. The second-order valence-corrected chi connectivity index (χ2v) is 7.19.